The van der Waals surface area contributed by atoms with Crippen LogP contribution >= 0.6 is 11.6 Å². The molecule has 0 saturated heterocycles. The fraction of sp³-hybridized carbons (Fsp3) is 0.167. The van der Waals surface area contributed by atoms with Crippen molar-refractivity contribution in [3.8, 4) is 33.8 Å². The van der Waals surface area contributed by atoms with Crippen molar-refractivity contribution in [3.63, 3.8) is 0 Å². The van der Waals surface area contributed by atoms with Crippen molar-refractivity contribution in [2.24, 2.45) is 9.98 Å². The fourth-order valence-corrected chi connectivity index (χ4v) is 6.40. The van der Waals surface area contributed by atoms with Gasteiger partial charge in [-0.15, -0.1) is 0 Å². The maximum Gasteiger partial charge on any atom is 0.513 e. The highest BCUT2D eigenvalue weighted by atomic mass is 35.5. The summed E-state index contributed by atoms with van der Waals surface area (Å²) in [6.45, 7) is 4.44. The van der Waals surface area contributed by atoms with Crippen molar-refractivity contribution < 1.29 is 55.9 Å². The molecule has 1 N–H and O–H groups in total. The van der Waals surface area contributed by atoms with Gasteiger partial charge >= 0.3 is 11.6 Å². The minimum Gasteiger partial charge on any atom is -0.508 e. The molecule has 0 amide bonds. The van der Waals surface area contributed by atoms with Crippen molar-refractivity contribution in [1.29, 1.82) is 0 Å². The van der Waals surface area contributed by atoms with Crippen LogP contribution in [-0.2, 0) is 18.9 Å². The molecule has 0 aromatic heterocycles. The van der Waals surface area contributed by atoms with E-state index in [0.717, 1.165) is 33.4 Å². The van der Waals surface area contributed by atoms with Crippen molar-refractivity contribution in [1.82, 2.24) is 0 Å². The zero-order valence-corrected chi connectivity index (χ0v) is 34.5. The molecule has 2 aliphatic heterocycles. The lowest BCUT2D eigenvalue weighted by Gasteiger charge is -2.08. The predicted octanol–water partition coefficient (Wildman–Crippen LogP) is 11.9. The highest BCUT2D eigenvalue weighted by Gasteiger charge is 2.27. The van der Waals surface area contributed by atoms with Crippen molar-refractivity contribution in [3.05, 3.63) is 179 Å². The molecular formula is C48H39ClF4N2O8. The van der Waals surface area contributed by atoms with Gasteiger partial charge in [0.25, 0.3) is 0 Å². The molecule has 63 heavy (non-hydrogen) atoms. The molecule has 15 heteroatoms. The molecule has 0 saturated carbocycles. The van der Waals surface area contributed by atoms with Crippen LogP contribution in [0.15, 0.2) is 143 Å². The molecule has 8 rings (SSSR count). The summed E-state index contributed by atoms with van der Waals surface area (Å²) in [5, 5.41) is 9.37. The highest BCUT2D eigenvalue weighted by molar-refractivity contribution is 6.61. The van der Waals surface area contributed by atoms with Gasteiger partial charge in [-0.25, -0.2) is 37.1 Å². The van der Waals surface area contributed by atoms with Gasteiger partial charge in [0.1, 0.15) is 71.2 Å². The Bertz CT molecular complexity index is 2530. The van der Waals surface area contributed by atoms with Crippen LogP contribution in [0.3, 0.4) is 0 Å². The monoisotopic (exact) mass is 882 g/mol. The Hall–Kier alpha value is -7.19. The first-order chi connectivity index (χ1) is 30.4. The number of aliphatic imine (C=N–C) groups is 2. The molecule has 0 radical (unpaired) electrons. The summed E-state index contributed by atoms with van der Waals surface area (Å²) >= 11 is 4.72. The number of phenols is 1. The lowest BCUT2D eigenvalue weighted by atomic mass is 10.0. The van der Waals surface area contributed by atoms with Crippen LogP contribution < -0.4 is 4.74 Å². The first-order valence-electron chi connectivity index (χ1n) is 19.5. The van der Waals surface area contributed by atoms with Gasteiger partial charge in [0, 0.05) is 11.6 Å². The first kappa shape index (κ1) is 45.3. The number of phenolic OH excluding ortho intramolecular Hbond substituents is 1. The smallest absolute Gasteiger partial charge is 0.508 e. The molecule has 0 fully saturated rings. The van der Waals surface area contributed by atoms with Gasteiger partial charge in [0.15, 0.2) is 0 Å². The number of hydrogen-bond acceptors (Lipinski definition) is 10. The van der Waals surface area contributed by atoms with Gasteiger partial charge in [-0.2, -0.15) is 0 Å². The molecule has 2 heterocycles. The molecule has 10 nitrogen and oxygen atoms in total. The third kappa shape index (κ3) is 12.0. The number of hydrogen-bond donors (Lipinski definition) is 1. The minimum atomic E-state index is -0.742. The van der Waals surface area contributed by atoms with Gasteiger partial charge < -0.3 is 28.8 Å². The topological polar surface area (TPSA) is 125 Å². The van der Waals surface area contributed by atoms with Crippen molar-refractivity contribution in [2.45, 2.75) is 25.9 Å². The van der Waals surface area contributed by atoms with Crippen LogP contribution in [0.5, 0.6) is 11.5 Å². The van der Waals surface area contributed by atoms with Gasteiger partial charge in [-0.1, -0.05) is 84.9 Å². The molecule has 6 aromatic rings. The molecule has 6 aromatic carbocycles. The Morgan fingerprint density at radius 1 is 0.587 bits per heavy atom. The van der Waals surface area contributed by atoms with E-state index in [0.29, 0.717) is 12.4 Å². The molecule has 0 aliphatic carbocycles. The maximum atomic E-state index is 14.0. The summed E-state index contributed by atoms with van der Waals surface area (Å²) in [6.07, 6.45) is -0.742. The summed E-state index contributed by atoms with van der Waals surface area (Å²) in [5.74, 6) is -2.20. The minimum absolute atomic E-state index is 0.00629. The summed E-state index contributed by atoms with van der Waals surface area (Å²) in [6, 6.07) is 36.0. The Kier molecular flexibility index (Phi) is 15.5. The van der Waals surface area contributed by atoms with E-state index in [9.17, 15) is 32.3 Å². The zero-order valence-electron chi connectivity index (χ0n) is 33.8. The van der Waals surface area contributed by atoms with Gasteiger partial charge in [0.2, 0.25) is 11.8 Å². The first-order valence-corrected chi connectivity index (χ1v) is 19.9. The lowest BCUT2D eigenvalue weighted by Crippen LogP contribution is -2.09. The normalized spacial score (nSPS) is 14.9. The number of benzene rings is 6. The SMILES string of the molecule is CCOC(=O)Cl.CCOC(=O)Oc1ccc(-c2ccc(C3COC(c4c(F)cccc4F)=N3)cc2)cc1.Oc1ccc(-c2ccc(C3COC(c4c(F)cccc4F)=N3)cc2)cc1. The molecular weight excluding hydrogens is 844 g/mol. The van der Waals surface area contributed by atoms with Crippen LogP contribution in [0.1, 0.15) is 48.2 Å². The van der Waals surface area contributed by atoms with Crippen LogP contribution in [0.2, 0.25) is 0 Å². The number of halogens is 5. The van der Waals surface area contributed by atoms with Gasteiger partial charge in [0.05, 0.1) is 13.2 Å². The van der Waals surface area contributed by atoms with E-state index in [1.807, 2.05) is 72.8 Å². The molecule has 2 atom stereocenters. The third-order valence-corrected chi connectivity index (χ3v) is 9.46. The zero-order chi connectivity index (χ0) is 44.9. The summed E-state index contributed by atoms with van der Waals surface area (Å²) in [4.78, 5) is 29.7. The maximum absolute atomic E-state index is 14.0. The summed E-state index contributed by atoms with van der Waals surface area (Å²) < 4.78 is 80.6. The van der Waals surface area contributed by atoms with E-state index >= 15 is 0 Å². The Labute approximate surface area is 365 Å². The van der Waals surface area contributed by atoms with E-state index in [4.69, 9.17) is 30.5 Å². The van der Waals surface area contributed by atoms with Crippen molar-refractivity contribution >= 4 is 35.0 Å². The molecule has 0 spiro atoms. The number of rotatable bonds is 9. The summed E-state index contributed by atoms with van der Waals surface area (Å²) in [7, 11) is 0. The average Bonchev–Trinajstić information content (AvgIpc) is 3.96. The second-order valence-electron chi connectivity index (χ2n) is 13.5. The van der Waals surface area contributed by atoms with Gasteiger partial charge in [-0.3, -0.25) is 0 Å². The van der Waals surface area contributed by atoms with Crippen LogP contribution in [0.4, 0.5) is 27.2 Å². The van der Waals surface area contributed by atoms with Crippen molar-refractivity contribution in [2.75, 3.05) is 26.4 Å². The largest absolute Gasteiger partial charge is 0.513 e. The average molecular weight is 883 g/mol. The van der Waals surface area contributed by atoms with E-state index in [-0.39, 0.29) is 60.6 Å². The van der Waals surface area contributed by atoms with Crippen LogP contribution in [0, 0.1) is 23.3 Å². The van der Waals surface area contributed by atoms with Crippen LogP contribution in [-0.4, -0.2) is 54.9 Å². The van der Waals surface area contributed by atoms with Crippen LogP contribution in [0.25, 0.3) is 22.3 Å². The second-order valence-corrected chi connectivity index (χ2v) is 13.8. The second kappa shape index (κ2) is 21.6. The van der Waals surface area contributed by atoms with E-state index in [1.54, 1.807) is 38.1 Å². The van der Waals surface area contributed by atoms with E-state index in [1.165, 1.54) is 36.4 Å². The standard InChI is InChI=1S/C24H19F2NO4.C21H15F2NO2.C3H5ClO2/c1-2-29-24(28)31-18-12-10-16(11-13-18)15-6-8-17(9-7-15)21-14-30-23(27-21)22-19(25)4-3-5-20(22)26;22-17-2-1-3-18(23)20(17)21-24-19(12-26-21)15-6-4-13(5-7-15)14-8-10-16(25)11-9-14;1-2-6-3(4)5/h3-13,21H,2,14H2,1H3;1-11,19,25H,12H2;2H2,1H3. The lowest BCUT2D eigenvalue weighted by molar-refractivity contribution is 0.104. The molecule has 324 valence electrons. The number of nitrogens with zero attached hydrogens (tertiary/aromatic N) is 2. The Morgan fingerprint density at radius 2 is 0.952 bits per heavy atom. The number of carbonyl (C=O) groups excluding carboxylic acids is 2. The fourth-order valence-electron chi connectivity index (χ4n) is 6.29. The number of ether oxygens (including phenoxy) is 5. The molecule has 2 unspecified atom stereocenters. The third-order valence-electron chi connectivity index (χ3n) is 9.36. The number of aromatic hydroxyl groups is 1. The Balaban J connectivity index is 0.000000188. The number of carbonyl (C=O) groups is 2. The van der Waals surface area contributed by atoms with E-state index < -0.39 is 34.9 Å². The van der Waals surface area contributed by atoms with Gasteiger partial charge in [-0.05, 0) is 95.8 Å². The Morgan fingerprint density at radius 3 is 1.30 bits per heavy atom. The molecule has 2 aliphatic rings. The highest BCUT2D eigenvalue weighted by Crippen LogP contribution is 2.31. The summed E-state index contributed by atoms with van der Waals surface area (Å²) in [5.41, 5.74) is 4.43. The van der Waals surface area contributed by atoms with E-state index in [2.05, 4.69) is 14.7 Å². The predicted molar refractivity (Wildman–Crippen MR) is 229 cm³/mol. The molecule has 0 bridgehead atoms. The quantitative estimate of drug-likeness (QED) is 0.0658.